The summed E-state index contributed by atoms with van der Waals surface area (Å²) in [7, 11) is -11.5. The molecule has 0 spiro atoms. The number of aliphatic hydroxyl groups excluding tert-OH is 5. The molecule has 2 unspecified atom stereocenters. The number of imidazole rings is 1. The molecule has 0 aliphatic carbocycles. The van der Waals surface area contributed by atoms with Gasteiger partial charge in [0.05, 0.1) is 71.2 Å². The number of nitrogens with one attached hydrogen (secondary N) is 2. The molecule has 0 radical (unpaired) electrons. The van der Waals surface area contributed by atoms with Crippen LogP contribution in [0.15, 0.2) is 72.8 Å². The largest absolute Gasteiger partial charge is 0.506 e. The van der Waals surface area contributed by atoms with Gasteiger partial charge in [-0.15, -0.1) is 5.12 Å². The molecule has 2 saturated heterocycles. The molecule has 1 aromatic heterocycles. The van der Waals surface area contributed by atoms with Crippen LogP contribution in [-0.4, -0.2) is 157 Å². The Bertz CT molecular complexity index is 2350. The van der Waals surface area contributed by atoms with Crippen LogP contribution in [0, 0.1) is 0 Å². The molecule has 4 heterocycles. The standard InChI is InChI=1S/C38H52N6O19P2/c39-25-16-27-30(28(45)17-25)40-21-43(27)36-33(48)35(50)38(60-36)62-65(53,54)63-64(51,52)61-37-34(49)32(47)31(46)29(59-37)19-44-41-18-26(42-44)7-8-55-9-10-56-11-12-57-13-14-58-20-22-5-6-23-3-1-2-4-24(23)15-22/h1-6,15-18,21,29,31-38,41-42,45-50H,7-14,19-20,39H2,(H,51,52)(H,53,54)/t29-,31+,32+,33+,34-,35-,36+,37+,38+/m0/s1. The molecule has 11 atom stereocenters. The van der Waals surface area contributed by atoms with Gasteiger partial charge in [-0.05, 0) is 28.5 Å². The number of nitrogens with zero attached hydrogens (tertiary/aromatic N) is 3. The fraction of sp³-hybridized carbons (Fsp3) is 0.500. The van der Waals surface area contributed by atoms with E-state index >= 15 is 0 Å². The Morgan fingerprint density at radius 2 is 1.37 bits per heavy atom. The SMILES string of the molecule is Nc1cc(O)c2ncn([C@@H]3O[C@H](OP(=O)(O)OP(=O)(O)O[C@H]4O[C@@H](CN5NC=C(CCOCCOCCOCCOCc6ccc7ccccc7c6)N5)[C@@H](O)[C@@H](O)[C@@H]4O)[C@@H](O)[C@H]3O)c2c1. The van der Waals surface area contributed by atoms with Gasteiger partial charge in [-0.2, -0.15) is 4.31 Å². The normalized spacial score (nSPS) is 27.9. The van der Waals surface area contributed by atoms with E-state index in [0.29, 0.717) is 65.0 Å². The molecule has 0 amide bonds. The number of phenolic OH excluding ortho intramolecular Hbond substituents is 1. The summed E-state index contributed by atoms with van der Waals surface area (Å²) < 4.78 is 74.1. The molecule has 2 fully saturated rings. The average Bonchev–Trinajstić information content (AvgIpc) is 3.97. The van der Waals surface area contributed by atoms with Crippen molar-refractivity contribution in [3.05, 3.63) is 78.4 Å². The maximum atomic E-state index is 12.9. The monoisotopic (exact) mass is 958 g/mol. The van der Waals surface area contributed by atoms with E-state index in [1.165, 1.54) is 28.0 Å². The highest BCUT2D eigenvalue weighted by Crippen LogP contribution is 2.62. The molecule has 65 heavy (non-hydrogen) atoms. The number of ether oxygens (including phenoxy) is 6. The predicted molar refractivity (Wildman–Crippen MR) is 223 cm³/mol. The topological polar surface area (TPSA) is 350 Å². The van der Waals surface area contributed by atoms with Gasteiger partial charge in [0.15, 0.2) is 18.8 Å². The zero-order valence-electron chi connectivity index (χ0n) is 34.5. The number of hydrazine groups is 2. The van der Waals surface area contributed by atoms with Crippen LogP contribution in [0.2, 0.25) is 0 Å². The van der Waals surface area contributed by atoms with Crippen molar-refractivity contribution in [2.75, 3.05) is 58.5 Å². The lowest BCUT2D eigenvalue weighted by molar-refractivity contribution is -0.279. The third-order valence-electron chi connectivity index (χ3n) is 10.2. The Morgan fingerprint density at radius 1 is 0.738 bits per heavy atom. The van der Waals surface area contributed by atoms with E-state index in [1.807, 2.05) is 18.2 Å². The summed E-state index contributed by atoms with van der Waals surface area (Å²) in [5.74, 6) is -0.303. The molecular weight excluding hydrogens is 906 g/mol. The molecule has 25 nitrogen and oxygen atoms in total. The second kappa shape index (κ2) is 21.8. The van der Waals surface area contributed by atoms with Crippen molar-refractivity contribution in [3.63, 3.8) is 0 Å². The summed E-state index contributed by atoms with van der Waals surface area (Å²) >= 11 is 0. The third kappa shape index (κ3) is 12.8. The van der Waals surface area contributed by atoms with Gasteiger partial charge in [-0.3, -0.25) is 9.05 Å². The maximum absolute atomic E-state index is 12.9. The van der Waals surface area contributed by atoms with E-state index in [1.54, 1.807) is 6.20 Å². The van der Waals surface area contributed by atoms with Gasteiger partial charge in [0.25, 0.3) is 0 Å². The number of phosphoric acid groups is 2. The maximum Gasteiger partial charge on any atom is 0.483 e. The highest BCUT2D eigenvalue weighted by Gasteiger charge is 2.52. The minimum absolute atomic E-state index is 0.0500. The molecule has 3 aromatic carbocycles. The summed E-state index contributed by atoms with van der Waals surface area (Å²) in [6.07, 6.45) is -13.9. The van der Waals surface area contributed by atoms with Crippen LogP contribution in [0.4, 0.5) is 5.69 Å². The van der Waals surface area contributed by atoms with Gasteiger partial charge in [-0.25, -0.2) is 14.1 Å². The van der Waals surface area contributed by atoms with E-state index in [-0.39, 0.29) is 29.0 Å². The molecule has 12 N–H and O–H groups in total. The smallest absolute Gasteiger partial charge is 0.483 e. The van der Waals surface area contributed by atoms with Crippen molar-refractivity contribution in [1.29, 1.82) is 0 Å². The number of aromatic nitrogens is 2. The van der Waals surface area contributed by atoms with Crippen LogP contribution in [0.25, 0.3) is 21.8 Å². The minimum Gasteiger partial charge on any atom is -0.506 e. The Hall–Kier alpha value is -3.89. The number of phenols is 1. The van der Waals surface area contributed by atoms with Gasteiger partial charge in [0.1, 0.15) is 47.9 Å². The Kier molecular flexibility index (Phi) is 16.5. The fourth-order valence-corrected chi connectivity index (χ4v) is 9.26. The summed E-state index contributed by atoms with van der Waals surface area (Å²) in [5.41, 5.74) is 13.7. The van der Waals surface area contributed by atoms with Gasteiger partial charge >= 0.3 is 15.6 Å². The predicted octanol–water partition coefficient (Wildman–Crippen LogP) is -0.0649. The van der Waals surface area contributed by atoms with Crippen molar-refractivity contribution in [2.24, 2.45) is 0 Å². The van der Waals surface area contributed by atoms with Crippen molar-refractivity contribution in [2.45, 2.75) is 68.5 Å². The molecule has 0 saturated carbocycles. The van der Waals surface area contributed by atoms with Gasteiger partial charge < -0.3 is 90.0 Å². The number of benzene rings is 3. The Balaban J connectivity index is 0.770. The molecule has 3 aliphatic heterocycles. The van der Waals surface area contributed by atoms with Gasteiger partial charge in [-0.1, -0.05) is 36.4 Å². The number of rotatable bonds is 23. The van der Waals surface area contributed by atoms with E-state index in [4.69, 9.17) is 43.2 Å². The first-order valence-electron chi connectivity index (χ1n) is 20.3. The summed E-state index contributed by atoms with van der Waals surface area (Å²) in [4.78, 5) is 24.7. The van der Waals surface area contributed by atoms with Gasteiger partial charge in [0.2, 0.25) is 0 Å². The van der Waals surface area contributed by atoms with Crippen molar-refractivity contribution >= 4 is 43.1 Å². The summed E-state index contributed by atoms with van der Waals surface area (Å²) in [6.45, 7) is 2.91. The van der Waals surface area contributed by atoms with Crippen molar-refractivity contribution in [1.82, 2.24) is 25.5 Å². The second-order valence-electron chi connectivity index (χ2n) is 15.0. The Labute approximate surface area is 370 Å². The number of hydrogen-bond donors (Lipinski definition) is 11. The number of fused-ring (bicyclic) bond motifs is 2. The second-order valence-corrected chi connectivity index (χ2v) is 18.0. The first-order chi connectivity index (χ1) is 31.1. The molecule has 3 aliphatic rings. The highest BCUT2D eigenvalue weighted by atomic mass is 31.3. The van der Waals surface area contributed by atoms with Crippen molar-refractivity contribution in [3.8, 4) is 5.75 Å². The highest BCUT2D eigenvalue weighted by molar-refractivity contribution is 7.61. The third-order valence-corrected chi connectivity index (χ3v) is 12.8. The summed E-state index contributed by atoms with van der Waals surface area (Å²) in [6, 6.07) is 17.0. The number of phosphoric ester groups is 2. The van der Waals surface area contributed by atoms with E-state index in [9.17, 15) is 49.6 Å². The number of nitrogen functional groups attached to an aromatic ring is 1. The number of aliphatic hydroxyl groups is 5. The number of aromatic hydroxyl groups is 1. The zero-order chi connectivity index (χ0) is 46.3. The first kappa shape index (κ1) is 49.0. The lowest BCUT2D eigenvalue weighted by Crippen LogP contribution is -2.61. The Morgan fingerprint density at radius 3 is 2.08 bits per heavy atom. The number of anilines is 1. The molecule has 27 heteroatoms. The van der Waals surface area contributed by atoms with Crippen LogP contribution < -0.4 is 16.6 Å². The minimum atomic E-state index is -5.75. The van der Waals surface area contributed by atoms with E-state index in [2.05, 4.69) is 44.4 Å². The zero-order valence-corrected chi connectivity index (χ0v) is 36.3. The fourth-order valence-electron chi connectivity index (χ4n) is 7.03. The molecule has 358 valence electrons. The lowest BCUT2D eigenvalue weighted by atomic mass is 9.99. The molecule has 7 rings (SSSR count). The summed E-state index contributed by atoms with van der Waals surface area (Å²) in [5, 5.41) is 66.7. The number of hydrogen-bond acceptors (Lipinski definition) is 22. The molecule has 0 bridgehead atoms. The number of nitrogens with two attached hydrogens (primary N) is 1. The van der Waals surface area contributed by atoms with E-state index in [0.717, 1.165) is 16.5 Å². The van der Waals surface area contributed by atoms with Crippen LogP contribution in [0.5, 0.6) is 5.75 Å². The quantitative estimate of drug-likeness (QED) is 0.0263. The van der Waals surface area contributed by atoms with Crippen LogP contribution in [-0.2, 0) is 57.5 Å². The van der Waals surface area contributed by atoms with Gasteiger partial charge in [0, 0.05) is 30.1 Å². The molecular formula is C38H52N6O19P2. The first-order valence-corrected chi connectivity index (χ1v) is 23.2. The lowest BCUT2D eigenvalue weighted by Gasteiger charge is -2.41. The molecule has 4 aromatic rings. The van der Waals surface area contributed by atoms with Crippen LogP contribution in [0.3, 0.4) is 0 Å². The van der Waals surface area contributed by atoms with Crippen molar-refractivity contribution < 1.29 is 91.3 Å². The van der Waals surface area contributed by atoms with Crippen LogP contribution in [0.1, 0.15) is 18.2 Å². The average molecular weight is 959 g/mol. The van der Waals surface area contributed by atoms with Crippen LogP contribution >= 0.6 is 15.6 Å². The van der Waals surface area contributed by atoms with E-state index < -0.39 is 71.1 Å².